The van der Waals surface area contributed by atoms with Gasteiger partial charge in [-0.3, -0.25) is 9.52 Å². The number of anilines is 2. The maximum absolute atomic E-state index is 12.4. The molecule has 1 atom stereocenters. The summed E-state index contributed by atoms with van der Waals surface area (Å²) in [7, 11) is -2.03. The summed E-state index contributed by atoms with van der Waals surface area (Å²) in [6.07, 6.45) is -0.797. The molecule has 2 N–H and O–H groups in total. The minimum absolute atomic E-state index is 0.0639. The van der Waals surface area contributed by atoms with Crippen LogP contribution in [0.1, 0.15) is 13.8 Å². The zero-order chi connectivity index (χ0) is 20.0. The third-order valence-corrected chi connectivity index (χ3v) is 5.23. The summed E-state index contributed by atoms with van der Waals surface area (Å²) in [6.45, 7) is 3.13. The monoisotopic (exact) mass is 412 g/mol. The number of benzene rings is 2. The molecular weight excluding hydrogens is 392 g/mol. The van der Waals surface area contributed by atoms with Crippen LogP contribution >= 0.6 is 11.6 Å². The summed E-state index contributed by atoms with van der Waals surface area (Å²) in [5.41, 5.74) is 0.726. The van der Waals surface area contributed by atoms with Crippen LogP contribution in [0.25, 0.3) is 0 Å². The van der Waals surface area contributed by atoms with Gasteiger partial charge in [-0.2, -0.15) is 0 Å². The number of sulfonamides is 1. The van der Waals surface area contributed by atoms with Gasteiger partial charge in [0.05, 0.1) is 23.6 Å². The first-order valence-corrected chi connectivity index (χ1v) is 10.2. The van der Waals surface area contributed by atoms with E-state index in [2.05, 4.69) is 10.0 Å². The molecule has 7 nitrogen and oxygen atoms in total. The molecule has 0 aliphatic rings. The van der Waals surface area contributed by atoms with Crippen LogP contribution in [0.5, 0.6) is 11.5 Å². The van der Waals surface area contributed by atoms with Gasteiger partial charge in [-0.25, -0.2) is 8.42 Å². The fraction of sp³-hybridized carbons (Fsp3) is 0.278. The molecule has 9 heteroatoms. The van der Waals surface area contributed by atoms with E-state index in [1.54, 1.807) is 37.3 Å². The van der Waals surface area contributed by atoms with Crippen molar-refractivity contribution in [3.63, 3.8) is 0 Å². The molecule has 0 saturated heterocycles. The molecule has 0 aliphatic heterocycles. The Balaban J connectivity index is 2.10. The molecule has 0 fully saturated rings. The third-order valence-electron chi connectivity index (χ3n) is 3.62. The largest absolute Gasteiger partial charge is 0.494 e. The quantitative estimate of drug-likeness (QED) is 0.691. The summed E-state index contributed by atoms with van der Waals surface area (Å²) < 4.78 is 36.7. The Morgan fingerprint density at radius 1 is 1.19 bits per heavy atom. The normalized spacial score (nSPS) is 12.1. The van der Waals surface area contributed by atoms with Gasteiger partial charge < -0.3 is 14.8 Å². The predicted octanol–water partition coefficient (Wildman–Crippen LogP) is 3.52. The van der Waals surface area contributed by atoms with Gasteiger partial charge in [-0.05, 0) is 38.1 Å². The number of rotatable bonds is 8. The van der Waals surface area contributed by atoms with Crippen molar-refractivity contribution < 1.29 is 22.7 Å². The highest BCUT2D eigenvalue weighted by atomic mass is 35.5. The Hall–Kier alpha value is -2.45. The lowest BCUT2D eigenvalue weighted by molar-refractivity contribution is -0.122. The van der Waals surface area contributed by atoms with Gasteiger partial charge in [0.25, 0.3) is 5.91 Å². The van der Waals surface area contributed by atoms with Crippen molar-refractivity contribution in [3.05, 3.63) is 47.5 Å². The fourth-order valence-electron chi connectivity index (χ4n) is 2.12. The Kier molecular flexibility index (Phi) is 6.92. The van der Waals surface area contributed by atoms with E-state index in [0.29, 0.717) is 16.5 Å². The highest BCUT2D eigenvalue weighted by Crippen LogP contribution is 2.29. The fourth-order valence-corrected chi connectivity index (χ4v) is 2.95. The molecule has 2 rings (SSSR count). The highest BCUT2D eigenvalue weighted by Gasteiger charge is 2.18. The summed E-state index contributed by atoms with van der Waals surface area (Å²) >= 11 is 6.03. The van der Waals surface area contributed by atoms with Gasteiger partial charge in [-0.15, -0.1) is 0 Å². The third kappa shape index (κ3) is 5.77. The SMILES string of the molecule is CCS(=O)(=O)Nc1ccc(NC(=O)C(C)Oc2ccccc2Cl)cc1OC. The van der Waals surface area contributed by atoms with Crippen LogP contribution in [0.4, 0.5) is 11.4 Å². The Morgan fingerprint density at radius 3 is 2.52 bits per heavy atom. The average molecular weight is 413 g/mol. The van der Waals surface area contributed by atoms with Gasteiger partial charge in [0.2, 0.25) is 10.0 Å². The Labute approximate surface area is 163 Å². The minimum atomic E-state index is -3.44. The van der Waals surface area contributed by atoms with Crippen LogP contribution in [0.2, 0.25) is 5.02 Å². The molecule has 0 aromatic heterocycles. The first kappa shape index (κ1) is 20.9. The van der Waals surface area contributed by atoms with Gasteiger partial charge in [0.1, 0.15) is 11.5 Å². The number of carbonyl (C=O) groups is 1. The van der Waals surface area contributed by atoms with E-state index < -0.39 is 16.1 Å². The van der Waals surface area contributed by atoms with Gasteiger partial charge in [-0.1, -0.05) is 23.7 Å². The highest BCUT2D eigenvalue weighted by molar-refractivity contribution is 7.92. The second kappa shape index (κ2) is 8.96. The number of amides is 1. The first-order valence-electron chi connectivity index (χ1n) is 8.16. The topological polar surface area (TPSA) is 93.7 Å². The molecule has 0 spiro atoms. The number of hydrogen-bond donors (Lipinski definition) is 2. The van der Waals surface area contributed by atoms with Crippen LogP contribution in [-0.2, 0) is 14.8 Å². The van der Waals surface area contributed by atoms with E-state index in [0.717, 1.165) is 0 Å². The molecule has 0 saturated carbocycles. The summed E-state index contributed by atoms with van der Waals surface area (Å²) in [5, 5.41) is 3.10. The molecule has 0 aliphatic carbocycles. The molecule has 146 valence electrons. The zero-order valence-corrected chi connectivity index (χ0v) is 16.7. The smallest absolute Gasteiger partial charge is 0.265 e. The van der Waals surface area contributed by atoms with E-state index in [1.165, 1.54) is 26.2 Å². The molecular formula is C18H21ClN2O5S. The molecule has 1 unspecified atom stereocenters. The van der Waals surface area contributed by atoms with E-state index in [4.69, 9.17) is 21.1 Å². The van der Waals surface area contributed by atoms with Crippen LogP contribution < -0.4 is 19.5 Å². The second-order valence-electron chi connectivity index (χ2n) is 5.60. The standard InChI is InChI=1S/C18H21ClN2O5S/c1-4-27(23,24)21-15-10-9-13(11-17(15)25-3)20-18(22)12(2)26-16-8-6-5-7-14(16)19/h5-12,21H,4H2,1-3H3,(H,20,22). The molecule has 0 heterocycles. The lowest BCUT2D eigenvalue weighted by Crippen LogP contribution is -2.30. The van der Waals surface area contributed by atoms with Crippen molar-refractivity contribution >= 4 is 38.9 Å². The minimum Gasteiger partial charge on any atom is -0.494 e. The molecule has 0 bridgehead atoms. The molecule has 1 amide bonds. The van der Waals surface area contributed by atoms with Gasteiger partial charge >= 0.3 is 0 Å². The molecule has 0 radical (unpaired) electrons. The van der Waals surface area contributed by atoms with Crippen molar-refractivity contribution in [2.24, 2.45) is 0 Å². The number of halogens is 1. The summed E-state index contributed by atoms with van der Waals surface area (Å²) in [4.78, 5) is 12.4. The van der Waals surface area contributed by atoms with Crippen molar-refractivity contribution in [2.45, 2.75) is 20.0 Å². The van der Waals surface area contributed by atoms with Crippen LogP contribution in [0.15, 0.2) is 42.5 Å². The van der Waals surface area contributed by atoms with Crippen molar-refractivity contribution in [1.29, 1.82) is 0 Å². The number of hydrogen-bond acceptors (Lipinski definition) is 5. The molecule has 2 aromatic rings. The molecule has 27 heavy (non-hydrogen) atoms. The van der Waals surface area contributed by atoms with Gasteiger partial charge in [0, 0.05) is 11.8 Å². The number of carbonyl (C=O) groups excluding carboxylic acids is 1. The maximum Gasteiger partial charge on any atom is 0.265 e. The van der Waals surface area contributed by atoms with E-state index >= 15 is 0 Å². The van der Waals surface area contributed by atoms with E-state index in [1.807, 2.05) is 0 Å². The van der Waals surface area contributed by atoms with E-state index in [9.17, 15) is 13.2 Å². The molecule has 2 aromatic carbocycles. The second-order valence-corrected chi connectivity index (χ2v) is 8.02. The zero-order valence-electron chi connectivity index (χ0n) is 15.2. The maximum atomic E-state index is 12.4. The van der Waals surface area contributed by atoms with Crippen molar-refractivity contribution in [3.8, 4) is 11.5 Å². The number of methoxy groups -OCH3 is 1. The summed E-state index contributed by atoms with van der Waals surface area (Å²) in [5.74, 6) is 0.234. The van der Waals surface area contributed by atoms with Crippen LogP contribution in [0.3, 0.4) is 0 Å². The number of ether oxygens (including phenoxy) is 2. The summed E-state index contributed by atoms with van der Waals surface area (Å²) in [6, 6.07) is 11.5. The van der Waals surface area contributed by atoms with Crippen LogP contribution in [-0.4, -0.2) is 33.3 Å². The predicted molar refractivity (Wildman–Crippen MR) is 106 cm³/mol. The van der Waals surface area contributed by atoms with Gasteiger partial charge in [0.15, 0.2) is 6.10 Å². The van der Waals surface area contributed by atoms with Crippen LogP contribution in [0, 0.1) is 0 Å². The van der Waals surface area contributed by atoms with E-state index in [-0.39, 0.29) is 23.1 Å². The van der Waals surface area contributed by atoms with Crippen molar-refractivity contribution in [1.82, 2.24) is 0 Å². The van der Waals surface area contributed by atoms with Crippen molar-refractivity contribution in [2.75, 3.05) is 22.9 Å². The lowest BCUT2D eigenvalue weighted by Gasteiger charge is -2.17. The Bertz CT molecular complexity index is 918. The lowest BCUT2D eigenvalue weighted by atomic mass is 10.2. The first-order chi connectivity index (χ1) is 12.8. The Morgan fingerprint density at radius 2 is 1.89 bits per heavy atom. The number of para-hydroxylation sites is 1. The number of nitrogens with one attached hydrogen (secondary N) is 2. The average Bonchev–Trinajstić information content (AvgIpc) is 2.64.